The van der Waals surface area contributed by atoms with Gasteiger partial charge in [0.25, 0.3) is 0 Å². The van der Waals surface area contributed by atoms with Crippen molar-refractivity contribution in [2.75, 3.05) is 32.9 Å². The molecule has 0 aromatic rings. The Hall–Kier alpha value is -0.650. The van der Waals surface area contributed by atoms with Gasteiger partial charge in [-0.15, -0.1) is 0 Å². The molecule has 1 amide bonds. The molecule has 0 saturated carbocycles. The normalized spacial score (nSPS) is 28.6. The summed E-state index contributed by atoms with van der Waals surface area (Å²) < 4.78 is 5.28. The molecular formula is C12H22N2O3. The summed E-state index contributed by atoms with van der Waals surface area (Å²) in [5.41, 5.74) is -0.452. The zero-order chi connectivity index (χ0) is 12.1. The summed E-state index contributed by atoms with van der Waals surface area (Å²) in [6, 6.07) is 0. The van der Waals surface area contributed by atoms with Gasteiger partial charge in [0.2, 0.25) is 5.91 Å². The fourth-order valence-electron chi connectivity index (χ4n) is 2.52. The van der Waals surface area contributed by atoms with Crippen LogP contribution in [0.25, 0.3) is 0 Å². The standard InChI is InChI=1S/C12H22N2O3/c15-9-12(3-6-17-7-4-12)14-11(16)10-2-1-5-13-8-10/h10,13,15H,1-9H2,(H,14,16)/t10-/m1/s1. The zero-order valence-corrected chi connectivity index (χ0v) is 10.2. The minimum Gasteiger partial charge on any atom is -0.394 e. The van der Waals surface area contributed by atoms with Crippen molar-refractivity contribution in [1.82, 2.24) is 10.6 Å². The van der Waals surface area contributed by atoms with Crippen molar-refractivity contribution in [2.24, 2.45) is 5.92 Å². The molecule has 98 valence electrons. The Morgan fingerprint density at radius 2 is 2.24 bits per heavy atom. The van der Waals surface area contributed by atoms with Crippen LogP contribution >= 0.6 is 0 Å². The van der Waals surface area contributed by atoms with Crippen LogP contribution in [0.5, 0.6) is 0 Å². The molecule has 0 aromatic heterocycles. The molecule has 2 heterocycles. The van der Waals surface area contributed by atoms with Gasteiger partial charge >= 0.3 is 0 Å². The maximum Gasteiger partial charge on any atom is 0.224 e. The summed E-state index contributed by atoms with van der Waals surface area (Å²) in [5, 5.41) is 15.8. The lowest BCUT2D eigenvalue weighted by Gasteiger charge is -2.37. The topological polar surface area (TPSA) is 70.6 Å². The van der Waals surface area contributed by atoms with Gasteiger partial charge < -0.3 is 20.5 Å². The summed E-state index contributed by atoms with van der Waals surface area (Å²) >= 11 is 0. The zero-order valence-electron chi connectivity index (χ0n) is 10.2. The third kappa shape index (κ3) is 3.18. The first-order chi connectivity index (χ1) is 8.26. The molecule has 2 rings (SSSR count). The Balaban J connectivity index is 1.90. The van der Waals surface area contributed by atoms with Gasteiger partial charge in [-0.1, -0.05) is 0 Å². The van der Waals surface area contributed by atoms with Crippen LogP contribution in [0.3, 0.4) is 0 Å². The van der Waals surface area contributed by atoms with Crippen LogP contribution in [0.1, 0.15) is 25.7 Å². The van der Waals surface area contributed by atoms with Crippen LogP contribution < -0.4 is 10.6 Å². The first-order valence-corrected chi connectivity index (χ1v) is 6.47. The van der Waals surface area contributed by atoms with E-state index in [0.29, 0.717) is 26.1 Å². The SMILES string of the molecule is O=C(NC1(CO)CCOCC1)[C@@H]1CCCNC1. The van der Waals surface area contributed by atoms with E-state index in [1.807, 2.05) is 0 Å². The van der Waals surface area contributed by atoms with E-state index in [1.54, 1.807) is 0 Å². The van der Waals surface area contributed by atoms with Gasteiger partial charge in [0.15, 0.2) is 0 Å². The number of aliphatic hydroxyl groups excluding tert-OH is 1. The Bertz CT molecular complexity index is 258. The number of carbonyl (C=O) groups excluding carboxylic acids is 1. The van der Waals surface area contributed by atoms with Gasteiger partial charge in [0.1, 0.15) is 0 Å². The van der Waals surface area contributed by atoms with E-state index in [9.17, 15) is 9.90 Å². The Morgan fingerprint density at radius 1 is 1.47 bits per heavy atom. The Morgan fingerprint density at radius 3 is 2.82 bits per heavy atom. The molecule has 2 aliphatic heterocycles. The molecule has 0 aliphatic carbocycles. The first-order valence-electron chi connectivity index (χ1n) is 6.47. The maximum absolute atomic E-state index is 12.1. The van der Waals surface area contributed by atoms with Crippen molar-refractivity contribution in [1.29, 1.82) is 0 Å². The van der Waals surface area contributed by atoms with Gasteiger partial charge in [-0.05, 0) is 32.2 Å². The molecular weight excluding hydrogens is 220 g/mol. The van der Waals surface area contributed by atoms with Crippen molar-refractivity contribution >= 4 is 5.91 Å². The highest BCUT2D eigenvalue weighted by Gasteiger charge is 2.35. The summed E-state index contributed by atoms with van der Waals surface area (Å²) in [5.74, 6) is 0.128. The third-order valence-corrected chi connectivity index (χ3v) is 3.81. The second-order valence-electron chi connectivity index (χ2n) is 5.08. The molecule has 1 atom stereocenters. The van der Waals surface area contributed by atoms with E-state index in [2.05, 4.69) is 10.6 Å². The van der Waals surface area contributed by atoms with Crippen LogP contribution in [-0.2, 0) is 9.53 Å². The highest BCUT2D eigenvalue weighted by atomic mass is 16.5. The number of rotatable bonds is 3. The predicted octanol–water partition coefficient (Wildman–Crippen LogP) is -0.356. The molecule has 0 radical (unpaired) electrons. The second-order valence-corrected chi connectivity index (χ2v) is 5.08. The molecule has 5 heteroatoms. The number of hydrogen-bond acceptors (Lipinski definition) is 4. The highest BCUT2D eigenvalue weighted by molar-refractivity contribution is 5.79. The van der Waals surface area contributed by atoms with Gasteiger partial charge in [-0.2, -0.15) is 0 Å². The van der Waals surface area contributed by atoms with Crippen molar-refractivity contribution in [3.8, 4) is 0 Å². The van der Waals surface area contributed by atoms with Crippen molar-refractivity contribution in [2.45, 2.75) is 31.2 Å². The largest absolute Gasteiger partial charge is 0.394 e. The van der Waals surface area contributed by atoms with E-state index >= 15 is 0 Å². The minimum absolute atomic E-state index is 0.00223. The maximum atomic E-state index is 12.1. The van der Waals surface area contributed by atoms with Crippen LogP contribution in [0.2, 0.25) is 0 Å². The highest BCUT2D eigenvalue weighted by Crippen LogP contribution is 2.21. The quantitative estimate of drug-likeness (QED) is 0.632. The molecule has 5 nitrogen and oxygen atoms in total. The van der Waals surface area contributed by atoms with Gasteiger partial charge in [0.05, 0.1) is 18.1 Å². The Kier molecular flexibility index (Phi) is 4.36. The number of amides is 1. The van der Waals surface area contributed by atoms with Crippen molar-refractivity contribution in [3.05, 3.63) is 0 Å². The van der Waals surface area contributed by atoms with Gasteiger partial charge in [-0.3, -0.25) is 4.79 Å². The van der Waals surface area contributed by atoms with Crippen LogP contribution in [0, 0.1) is 5.92 Å². The summed E-state index contributed by atoms with van der Waals surface area (Å²) in [7, 11) is 0. The first kappa shape index (κ1) is 12.8. The monoisotopic (exact) mass is 242 g/mol. The minimum atomic E-state index is -0.452. The fraction of sp³-hybridized carbons (Fsp3) is 0.917. The van der Waals surface area contributed by atoms with Gasteiger partial charge in [-0.25, -0.2) is 0 Å². The number of ether oxygens (including phenoxy) is 1. The van der Waals surface area contributed by atoms with Crippen LogP contribution in [0.15, 0.2) is 0 Å². The molecule has 0 aromatic carbocycles. The number of carbonyl (C=O) groups is 1. The molecule has 2 fully saturated rings. The predicted molar refractivity (Wildman–Crippen MR) is 63.6 cm³/mol. The molecule has 0 bridgehead atoms. The van der Waals surface area contributed by atoms with Crippen molar-refractivity contribution < 1.29 is 14.6 Å². The van der Waals surface area contributed by atoms with E-state index in [1.165, 1.54) is 0 Å². The van der Waals surface area contributed by atoms with Crippen LogP contribution in [-0.4, -0.2) is 49.5 Å². The molecule has 2 saturated heterocycles. The number of aliphatic hydroxyl groups is 1. The summed E-state index contributed by atoms with van der Waals surface area (Å²) in [6.07, 6.45) is 3.40. The number of nitrogens with one attached hydrogen (secondary N) is 2. The lowest BCUT2D eigenvalue weighted by atomic mass is 9.89. The lowest BCUT2D eigenvalue weighted by Crippen LogP contribution is -2.57. The third-order valence-electron chi connectivity index (χ3n) is 3.81. The average Bonchev–Trinajstić information content (AvgIpc) is 2.41. The van der Waals surface area contributed by atoms with Crippen molar-refractivity contribution in [3.63, 3.8) is 0 Å². The van der Waals surface area contributed by atoms with E-state index < -0.39 is 5.54 Å². The molecule has 0 unspecified atom stereocenters. The summed E-state index contributed by atoms with van der Waals surface area (Å²) in [4.78, 5) is 12.1. The smallest absolute Gasteiger partial charge is 0.224 e. The lowest BCUT2D eigenvalue weighted by molar-refractivity contribution is -0.129. The molecule has 0 spiro atoms. The number of piperidine rings is 1. The van der Waals surface area contributed by atoms with E-state index in [0.717, 1.165) is 25.9 Å². The average molecular weight is 242 g/mol. The summed E-state index contributed by atoms with van der Waals surface area (Å²) in [6.45, 7) is 2.99. The van der Waals surface area contributed by atoms with E-state index in [-0.39, 0.29) is 18.4 Å². The molecule has 17 heavy (non-hydrogen) atoms. The van der Waals surface area contributed by atoms with Crippen LogP contribution in [0.4, 0.5) is 0 Å². The fourth-order valence-corrected chi connectivity index (χ4v) is 2.52. The van der Waals surface area contributed by atoms with E-state index in [4.69, 9.17) is 4.74 Å². The number of hydrogen-bond donors (Lipinski definition) is 3. The second kappa shape index (κ2) is 5.80. The molecule has 2 aliphatic rings. The van der Waals surface area contributed by atoms with Gasteiger partial charge in [0, 0.05) is 19.8 Å². The Labute approximate surface area is 102 Å². The molecule has 3 N–H and O–H groups in total.